The Morgan fingerprint density at radius 3 is 2.54 bits per heavy atom. The molecule has 9 heteroatoms. The lowest BCUT2D eigenvalue weighted by molar-refractivity contribution is -0.136. The molecule has 0 spiro atoms. The number of amides is 1. The Balaban J connectivity index is 1.35. The maximum Gasteiger partial charge on any atom is 0.390 e. The Morgan fingerprint density at radius 1 is 1.25 bits per heavy atom. The van der Waals surface area contributed by atoms with Crippen molar-refractivity contribution < 1.29 is 26.7 Å². The van der Waals surface area contributed by atoms with Gasteiger partial charge in [-0.25, -0.2) is 13.8 Å². The van der Waals surface area contributed by atoms with Gasteiger partial charge in [-0.15, -0.1) is 0 Å². The molecule has 2 aromatic rings. The molecule has 0 saturated heterocycles. The third kappa shape index (κ3) is 3.46. The van der Waals surface area contributed by atoms with Gasteiger partial charge < -0.3 is 9.88 Å². The van der Waals surface area contributed by atoms with Crippen molar-refractivity contribution in [2.24, 2.45) is 23.7 Å². The lowest BCUT2D eigenvalue weighted by atomic mass is 9.96. The third-order valence-corrected chi connectivity index (χ3v) is 6.20. The molecule has 2 aliphatic rings. The van der Waals surface area contributed by atoms with E-state index in [2.05, 4.69) is 10.3 Å². The van der Waals surface area contributed by atoms with Gasteiger partial charge in [0.25, 0.3) is 0 Å². The van der Waals surface area contributed by atoms with E-state index < -0.39 is 30.8 Å². The Hall–Kier alpha value is -2.19. The smallest absolute Gasteiger partial charge is 0.356 e. The summed E-state index contributed by atoms with van der Waals surface area (Å²) in [6, 6.07) is 2.32. The Labute approximate surface area is 158 Å². The second kappa shape index (κ2) is 6.70. The average Bonchev–Trinajstić information content (AvgIpc) is 2.93. The maximum absolute atomic E-state index is 13.6. The van der Waals surface area contributed by atoms with E-state index in [-0.39, 0.29) is 23.8 Å². The molecule has 4 rings (SSSR count). The summed E-state index contributed by atoms with van der Waals surface area (Å²) in [5.74, 6) is -1.74. The van der Waals surface area contributed by atoms with Crippen molar-refractivity contribution in [2.75, 3.05) is 6.54 Å². The molecule has 4 nitrogen and oxygen atoms in total. The monoisotopic (exact) mass is 401 g/mol. The number of carbonyl (C=O) groups is 1. The van der Waals surface area contributed by atoms with Crippen LogP contribution in [0, 0.1) is 35.3 Å². The molecule has 1 amide bonds. The van der Waals surface area contributed by atoms with Gasteiger partial charge in [0.1, 0.15) is 0 Å². The summed E-state index contributed by atoms with van der Waals surface area (Å²) in [6.07, 6.45) is -2.15. The Kier molecular flexibility index (Phi) is 4.58. The minimum atomic E-state index is -4.28. The zero-order valence-electron chi connectivity index (χ0n) is 15.1. The SMILES string of the molecule is CC(C(=O)NCCC(F)(F)F)[C@H]1[C@@H]2C[C@@H](n3cnc4cc(F)c(F)cc43)C[C@@H]21. The van der Waals surface area contributed by atoms with Crippen molar-refractivity contribution in [1.82, 2.24) is 14.9 Å². The van der Waals surface area contributed by atoms with Gasteiger partial charge in [-0.1, -0.05) is 6.92 Å². The number of alkyl halides is 3. The van der Waals surface area contributed by atoms with E-state index in [1.165, 1.54) is 0 Å². The summed E-state index contributed by atoms with van der Waals surface area (Å²) in [6.45, 7) is 1.35. The lowest BCUT2D eigenvalue weighted by Crippen LogP contribution is -2.33. The van der Waals surface area contributed by atoms with Gasteiger partial charge in [0.2, 0.25) is 5.91 Å². The van der Waals surface area contributed by atoms with Crippen LogP contribution in [0.4, 0.5) is 22.0 Å². The van der Waals surface area contributed by atoms with Gasteiger partial charge in [-0.2, -0.15) is 13.2 Å². The molecule has 2 saturated carbocycles. The highest BCUT2D eigenvalue weighted by molar-refractivity contribution is 5.79. The standard InChI is InChI=1S/C19H20F5N3O/c1-9(18(28)25-3-2-19(22,23)24)17-11-4-10(5-12(11)17)27-8-26-15-6-13(20)14(21)7-16(15)27/h6-12,17H,2-5H2,1H3,(H,25,28)/t9?,10-,11-,12+,17+. The van der Waals surface area contributed by atoms with Crippen LogP contribution in [0.15, 0.2) is 18.5 Å². The molecular weight excluding hydrogens is 381 g/mol. The molecule has 2 fully saturated rings. The topological polar surface area (TPSA) is 46.9 Å². The molecule has 0 radical (unpaired) electrons. The van der Waals surface area contributed by atoms with Crippen LogP contribution in [-0.2, 0) is 4.79 Å². The first-order valence-corrected chi connectivity index (χ1v) is 9.32. The van der Waals surface area contributed by atoms with E-state index in [0.29, 0.717) is 22.9 Å². The minimum absolute atomic E-state index is 0.0987. The molecule has 1 N–H and O–H groups in total. The molecule has 152 valence electrons. The summed E-state index contributed by atoms with van der Waals surface area (Å²) in [4.78, 5) is 16.3. The van der Waals surface area contributed by atoms with Gasteiger partial charge >= 0.3 is 6.18 Å². The van der Waals surface area contributed by atoms with Crippen LogP contribution < -0.4 is 5.32 Å². The number of aromatic nitrogens is 2. The van der Waals surface area contributed by atoms with Crippen molar-refractivity contribution in [1.29, 1.82) is 0 Å². The van der Waals surface area contributed by atoms with Gasteiger partial charge in [0.15, 0.2) is 11.6 Å². The Morgan fingerprint density at radius 2 is 1.89 bits per heavy atom. The summed E-state index contributed by atoms with van der Waals surface area (Å²) in [7, 11) is 0. The Bertz CT molecular complexity index is 897. The summed E-state index contributed by atoms with van der Waals surface area (Å²) in [5.41, 5.74) is 0.938. The predicted molar refractivity (Wildman–Crippen MR) is 91.2 cm³/mol. The molecule has 1 aromatic carbocycles. The largest absolute Gasteiger partial charge is 0.390 e. The average molecular weight is 401 g/mol. The zero-order chi connectivity index (χ0) is 20.2. The fourth-order valence-corrected chi connectivity index (χ4v) is 4.81. The van der Waals surface area contributed by atoms with Gasteiger partial charge in [-0.3, -0.25) is 4.79 Å². The number of nitrogens with zero attached hydrogens (tertiary/aromatic N) is 2. The highest BCUT2D eigenvalue weighted by Crippen LogP contribution is 2.63. The van der Waals surface area contributed by atoms with Crippen molar-refractivity contribution in [3.05, 3.63) is 30.1 Å². The third-order valence-electron chi connectivity index (χ3n) is 6.20. The fourth-order valence-electron chi connectivity index (χ4n) is 4.81. The van der Waals surface area contributed by atoms with Crippen LogP contribution in [0.2, 0.25) is 0 Å². The number of halogens is 5. The van der Waals surface area contributed by atoms with Gasteiger partial charge in [0.05, 0.1) is 23.8 Å². The number of nitrogens with one attached hydrogen (secondary N) is 1. The molecule has 1 aromatic heterocycles. The predicted octanol–water partition coefficient (Wildman–Crippen LogP) is 4.22. The first-order chi connectivity index (χ1) is 13.2. The number of fused-ring (bicyclic) bond motifs is 2. The molecule has 0 bridgehead atoms. The number of benzene rings is 1. The minimum Gasteiger partial charge on any atom is -0.356 e. The summed E-state index contributed by atoms with van der Waals surface area (Å²) >= 11 is 0. The fraction of sp³-hybridized carbons (Fsp3) is 0.579. The second-order valence-electron chi connectivity index (χ2n) is 7.88. The number of hydrogen-bond acceptors (Lipinski definition) is 2. The normalized spacial score (nSPS) is 27.6. The van der Waals surface area contributed by atoms with Crippen molar-refractivity contribution in [3.8, 4) is 0 Å². The van der Waals surface area contributed by atoms with Crippen LogP contribution in [0.3, 0.4) is 0 Å². The van der Waals surface area contributed by atoms with E-state index in [0.717, 1.165) is 25.0 Å². The molecular formula is C19H20F5N3O. The molecule has 5 atom stereocenters. The number of hydrogen-bond donors (Lipinski definition) is 1. The van der Waals surface area contributed by atoms with Crippen molar-refractivity contribution >= 4 is 16.9 Å². The molecule has 28 heavy (non-hydrogen) atoms. The maximum atomic E-state index is 13.6. The zero-order valence-corrected chi connectivity index (χ0v) is 15.1. The van der Waals surface area contributed by atoms with Gasteiger partial charge in [0, 0.05) is 30.6 Å². The van der Waals surface area contributed by atoms with Crippen molar-refractivity contribution in [3.63, 3.8) is 0 Å². The highest BCUT2D eigenvalue weighted by Gasteiger charge is 2.59. The van der Waals surface area contributed by atoms with Crippen molar-refractivity contribution in [2.45, 2.75) is 38.4 Å². The molecule has 1 unspecified atom stereocenters. The quantitative estimate of drug-likeness (QED) is 0.763. The van der Waals surface area contributed by atoms with Crippen LogP contribution in [-0.4, -0.2) is 28.2 Å². The van der Waals surface area contributed by atoms with E-state index in [1.807, 2.05) is 4.57 Å². The highest BCUT2D eigenvalue weighted by atomic mass is 19.4. The molecule has 0 aliphatic heterocycles. The summed E-state index contributed by atoms with van der Waals surface area (Å²) < 4.78 is 65.4. The summed E-state index contributed by atoms with van der Waals surface area (Å²) in [5, 5.41) is 2.37. The van der Waals surface area contributed by atoms with E-state index in [1.54, 1.807) is 13.3 Å². The van der Waals surface area contributed by atoms with Crippen LogP contribution in [0.25, 0.3) is 11.0 Å². The van der Waals surface area contributed by atoms with Crippen LogP contribution in [0.5, 0.6) is 0 Å². The first-order valence-electron chi connectivity index (χ1n) is 9.32. The lowest BCUT2D eigenvalue weighted by Gasteiger charge is -2.20. The molecule has 2 aliphatic carbocycles. The van der Waals surface area contributed by atoms with Gasteiger partial charge in [-0.05, 0) is 30.6 Å². The number of rotatable bonds is 5. The molecule has 1 heterocycles. The number of imidazole rings is 1. The van der Waals surface area contributed by atoms with Crippen LogP contribution in [0.1, 0.15) is 32.2 Å². The van der Waals surface area contributed by atoms with Crippen LogP contribution >= 0.6 is 0 Å². The first kappa shape index (κ1) is 19.1. The number of carbonyl (C=O) groups excluding carboxylic acids is 1. The van der Waals surface area contributed by atoms with E-state index in [4.69, 9.17) is 0 Å². The second-order valence-corrected chi connectivity index (χ2v) is 7.88. The van der Waals surface area contributed by atoms with E-state index in [9.17, 15) is 26.7 Å². The van der Waals surface area contributed by atoms with E-state index >= 15 is 0 Å².